The van der Waals surface area contributed by atoms with E-state index in [-0.39, 0.29) is 24.7 Å². The highest BCUT2D eigenvalue weighted by Gasteiger charge is 2.40. The van der Waals surface area contributed by atoms with E-state index >= 15 is 0 Å². The van der Waals surface area contributed by atoms with Gasteiger partial charge in [-0.25, -0.2) is 0 Å². The van der Waals surface area contributed by atoms with E-state index in [2.05, 4.69) is 35.4 Å². The average Bonchev–Trinajstić information content (AvgIpc) is 3.18. The third kappa shape index (κ3) is 3.65. The lowest BCUT2D eigenvalue weighted by Gasteiger charge is -2.36. The molecule has 0 spiro atoms. The van der Waals surface area contributed by atoms with Crippen LogP contribution in [-0.4, -0.2) is 29.8 Å². The normalized spacial score (nSPS) is 18.2. The molecule has 1 unspecified atom stereocenters. The number of rotatable bonds is 7. The van der Waals surface area contributed by atoms with Gasteiger partial charge < -0.3 is 15.0 Å². The van der Waals surface area contributed by atoms with Crippen molar-refractivity contribution >= 4 is 22.6 Å². The summed E-state index contributed by atoms with van der Waals surface area (Å²) in [5.41, 5.74) is 4.58. The summed E-state index contributed by atoms with van der Waals surface area (Å²) < 4.78 is 6.23. The highest BCUT2D eigenvalue weighted by Crippen LogP contribution is 2.42. The van der Waals surface area contributed by atoms with E-state index in [4.69, 9.17) is 4.74 Å². The standard InChI is InChI=1S/C25H28N2O3/c1-3-17-11-8-12-19-20-13-14-30-25(4-2,24(20)27-23(17)19)15-22(29)26-16-21(28)18-9-6-5-7-10-18/h5-12,27H,3-4,13-16H2,1-2H3,(H,26,29). The van der Waals surface area contributed by atoms with Gasteiger partial charge in [-0.3, -0.25) is 9.59 Å². The van der Waals surface area contributed by atoms with Crippen LogP contribution in [0.4, 0.5) is 0 Å². The maximum atomic E-state index is 12.8. The molecule has 1 aromatic heterocycles. The molecule has 1 atom stereocenters. The number of Topliss-reactive ketones (excluding diaryl/α,β-unsaturated/α-hetero) is 1. The number of ether oxygens (including phenoxy) is 1. The van der Waals surface area contributed by atoms with E-state index in [0.717, 1.165) is 24.1 Å². The smallest absolute Gasteiger partial charge is 0.223 e. The van der Waals surface area contributed by atoms with E-state index < -0.39 is 5.60 Å². The van der Waals surface area contributed by atoms with Gasteiger partial charge in [0.2, 0.25) is 5.91 Å². The van der Waals surface area contributed by atoms with E-state index in [1.807, 2.05) is 25.1 Å². The Morgan fingerprint density at radius 3 is 2.63 bits per heavy atom. The molecule has 2 N–H and O–H groups in total. The zero-order chi connectivity index (χ0) is 21.1. The van der Waals surface area contributed by atoms with Crippen molar-refractivity contribution in [2.75, 3.05) is 13.2 Å². The molecule has 4 rings (SSSR count). The second-order valence-electron chi connectivity index (χ2n) is 7.86. The molecule has 1 aliphatic rings. The monoisotopic (exact) mass is 404 g/mol. The second kappa shape index (κ2) is 8.44. The molecule has 1 amide bonds. The quantitative estimate of drug-likeness (QED) is 0.577. The van der Waals surface area contributed by atoms with Crippen molar-refractivity contribution in [2.24, 2.45) is 0 Å². The third-order valence-electron chi connectivity index (χ3n) is 6.15. The highest BCUT2D eigenvalue weighted by atomic mass is 16.5. The first-order chi connectivity index (χ1) is 14.6. The number of amides is 1. The van der Waals surface area contributed by atoms with Gasteiger partial charge >= 0.3 is 0 Å². The van der Waals surface area contributed by atoms with Gasteiger partial charge in [-0.05, 0) is 30.4 Å². The molecule has 5 heteroatoms. The van der Waals surface area contributed by atoms with Crippen molar-refractivity contribution in [3.8, 4) is 0 Å². The number of aromatic nitrogens is 1. The Morgan fingerprint density at radius 2 is 1.90 bits per heavy atom. The largest absolute Gasteiger partial charge is 0.368 e. The van der Waals surface area contributed by atoms with Crippen molar-refractivity contribution in [1.29, 1.82) is 0 Å². The minimum absolute atomic E-state index is 0.0117. The fourth-order valence-corrected chi connectivity index (χ4v) is 4.47. The summed E-state index contributed by atoms with van der Waals surface area (Å²) in [6.45, 7) is 4.77. The molecule has 0 aliphatic carbocycles. The predicted molar refractivity (Wildman–Crippen MR) is 118 cm³/mol. The van der Waals surface area contributed by atoms with Crippen LogP contribution in [-0.2, 0) is 28.0 Å². The van der Waals surface area contributed by atoms with E-state index in [1.54, 1.807) is 12.1 Å². The van der Waals surface area contributed by atoms with Crippen LogP contribution in [0.2, 0.25) is 0 Å². The average molecular weight is 405 g/mol. The van der Waals surface area contributed by atoms with Gasteiger partial charge in [0.25, 0.3) is 0 Å². The van der Waals surface area contributed by atoms with E-state index in [9.17, 15) is 9.59 Å². The topological polar surface area (TPSA) is 71.2 Å². The summed E-state index contributed by atoms with van der Waals surface area (Å²) in [6, 6.07) is 15.4. The van der Waals surface area contributed by atoms with Crippen LogP contribution in [0.1, 0.15) is 53.9 Å². The Kier molecular flexibility index (Phi) is 5.73. The number of hydrogen-bond donors (Lipinski definition) is 2. The maximum Gasteiger partial charge on any atom is 0.223 e. The van der Waals surface area contributed by atoms with Gasteiger partial charge in [-0.15, -0.1) is 0 Å². The first-order valence-corrected chi connectivity index (χ1v) is 10.7. The zero-order valence-electron chi connectivity index (χ0n) is 17.6. The highest BCUT2D eigenvalue weighted by molar-refractivity contribution is 5.99. The summed E-state index contributed by atoms with van der Waals surface area (Å²) in [7, 11) is 0. The van der Waals surface area contributed by atoms with Gasteiger partial charge in [0, 0.05) is 16.5 Å². The molecular formula is C25H28N2O3. The molecule has 0 bridgehead atoms. The first-order valence-electron chi connectivity index (χ1n) is 10.7. The van der Waals surface area contributed by atoms with Crippen LogP contribution in [0, 0.1) is 0 Å². The van der Waals surface area contributed by atoms with Gasteiger partial charge in [-0.1, -0.05) is 62.4 Å². The van der Waals surface area contributed by atoms with Crippen LogP contribution < -0.4 is 5.32 Å². The molecule has 3 aromatic rings. The van der Waals surface area contributed by atoms with E-state index in [1.165, 1.54) is 16.5 Å². The molecule has 1 aliphatic heterocycles. The number of benzene rings is 2. The van der Waals surface area contributed by atoms with Crippen LogP contribution in [0.5, 0.6) is 0 Å². The molecule has 0 fully saturated rings. The van der Waals surface area contributed by atoms with Crippen molar-refractivity contribution < 1.29 is 14.3 Å². The lowest BCUT2D eigenvalue weighted by atomic mass is 9.86. The van der Waals surface area contributed by atoms with Crippen LogP contribution in [0.25, 0.3) is 10.9 Å². The molecule has 0 saturated carbocycles. The molecule has 30 heavy (non-hydrogen) atoms. The molecule has 0 radical (unpaired) electrons. The van der Waals surface area contributed by atoms with Crippen molar-refractivity contribution in [3.05, 3.63) is 70.9 Å². The van der Waals surface area contributed by atoms with Crippen LogP contribution in [0.3, 0.4) is 0 Å². The number of nitrogens with one attached hydrogen (secondary N) is 2. The Morgan fingerprint density at radius 1 is 1.10 bits per heavy atom. The molecule has 2 heterocycles. The molecule has 0 saturated heterocycles. The van der Waals surface area contributed by atoms with Gasteiger partial charge in [-0.2, -0.15) is 0 Å². The van der Waals surface area contributed by atoms with Crippen molar-refractivity contribution in [3.63, 3.8) is 0 Å². The predicted octanol–water partition coefficient (Wildman–Crippen LogP) is 4.30. The summed E-state index contributed by atoms with van der Waals surface area (Å²) in [5, 5.41) is 4.02. The fraction of sp³-hybridized carbons (Fsp3) is 0.360. The van der Waals surface area contributed by atoms with Crippen molar-refractivity contribution in [1.82, 2.24) is 10.3 Å². The minimum Gasteiger partial charge on any atom is -0.368 e. The van der Waals surface area contributed by atoms with Crippen molar-refractivity contribution in [2.45, 2.75) is 45.1 Å². The van der Waals surface area contributed by atoms with Gasteiger partial charge in [0.15, 0.2) is 5.78 Å². The molecule has 5 nitrogen and oxygen atoms in total. The Labute approximate surface area is 176 Å². The number of carbonyl (C=O) groups is 2. The Bertz CT molecular complexity index is 1070. The number of H-pyrrole nitrogens is 1. The summed E-state index contributed by atoms with van der Waals surface area (Å²) in [4.78, 5) is 28.7. The Balaban J connectivity index is 1.56. The molecular weight excluding hydrogens is 376 g/mol. The fourth-order valence-electron chi connectivity index (χ4n) is 4.47. The number of carbonyl (C=O) groups excluding carboxylic acids is 2. The summed E-state index contributed by atoms with van der Waals surface area (Å²) in [5.74, 6) is -0.277. The lowest BCUT2D eigenvalue weighted by Crippen LogP contribution is -2.41. The maximum absolute atomic E-state index is 12.8. The number of fused-ring (bicyclic) bond motifs is 3. The summed E-state index contributed by atoms with van der Waals surface area (Å²) in [6.07, 6.45) is 2.64. The van der Waals surface area contributed by atoms with Crippen LogP contribution in [0.15, 0.2) is 48.5 Å². The number of ketones is 1. The number of hydrogen-bond acceptors (Lipinski definition) is 3. The van der Waals surface area contributed by atoms with Crippen LogP contribution >= 0.6 is 0 Å². The lowest BCUT2D eigenvalue weighted by molar-refractivity contribution is -0.132. The Hall–Kier alpha value is -2.92. The number of para-hydroxylation sites is 1. The zero-order valence-corrected chi connectivity index (χ0v) is 17.6. The molecule has 2 aromatic carbocycles. The SMILES string of the molecule is CCc1cccc2c3c([nH]c12)C(CC)(CC(=O)NCC(=O)c1ccccc1)OCC3. The number of aryl methyl sites for hydroxylation is 1. The second-order valence-corrected chi connectivity index (χ2v) is 7.86. The minimum atomic E-state index is -0.697. The number of aromatic amines is 1. The van der Waals surface area contributed by atoms with Gasteiger partial charge in [0.1, 0.15) is 5.60 Å². The third-order valence-corrected chi connectivity index (χ3v) is 6.15. The van der Waals surface area contributed by atoms with E-state index in [0.29, 0.717) is 18.6 Å². The first kappa shape index (κ1) is 20.4. The van der Waals surface area contributed by atoms with Gasteiger partial charge in [0.05, 0.1) is 25.3 Å². The summed E-state index contributed by atoms with van der Waals surface area (Å²) >= 11 is 0. The molecule has 156 valence electrons.